The van der Waals surface area contributed by atoms with Crippen molar-refractivity contribution in [2.75, 3.05) is 7.11 Å². The molecule has 0 aliphatic heterocycles. The lowest BCUT2D eigenvalue weighted by molar-refractivity contribution is 0.318. The standard InChI is InChI=1S/C12H13BrN4O2/c1-19-11-3-2-8(12(14)16-18)4-9(11)6-17-7-10(13)5-15-17/h2-5,7,18H,6H2,1H3,(H2,14,16). The fraction of sp³-hybridized carbons (Fsp3) is 0.167. The highest BCUT2D eigenvalue weighted by atomic mass is 79.9. The third-order valence-electron chi connectivity index (χ3n) is 2.62. The van der Waals surface area contributed by atoms with Crippen LogP contribution < -0.4 is 10.5 Å². The Morgan fingerprint density at radius 3 is 2.95 bits per heavy atom. The molecule has 0 bridgehead atoms. The Bertz CT molecular complexity index is 610. The van der Waals surface area contributed by atoms with E-state index in [0.29, 0.717) is 12.1 Å². The van der Waals surface area contributed by atoms with Crippen LogP contribution in [-0.2, 0) is 6.54 Å². The van der Waals surface area contributed by atoms with Gasteiger partial charge in [-0.1, -0.05) is 5.16 Å². The van der Waals surface area contributed by atoms with Crippen LogP contribution in [0.4, 0.5) is 0 Å². The number of nitrogens with zero attached hydrogens (tertiary/aromatic N) is 3. The molecule has 0 saturated carbocycles. The molecule has 0 spiro atoms. The molecule has 7 heteroatoms. The van der Waals surface area contributed by atoms with Crippen LogP contribution in [0.3, 0.4) is 0 Å². The SMILES string of the molecule is COc1ccc(/C(N)=N/O)cc1Cn1cc(Br)cn1. The molecule has 0 unspecified atom stereocenters. The lowest BCUT2D eigenvalue weighted by Gasteiger charge is -2.10. The summed E-state index contributed by atoms with van der Waals surface area (Å²) in [6.45, 7) is 0.529. The summed E-state index contributed by atoms with van der Waals surface area (Å²) in [6.07, 6.45) is 3.56. The fourth-order valence-electron chi connectivity index (χ4n) is 1.72. The minimum absolute atomic E-state index is 0.0607. The molecule has 0 amide bonds. The van der Waals surface area contributed by atoms with Crippen molar-refractivity contribution in [1.82, 2.24) is 9.78 Å². The molecule has 1 aromatic carbocycles. The van der Waals surface area contributed by atoms with Crippen LogP contribution in [0.1, 0.15) is 11.1 Å². The Morgan fingerprint density at radius 2 is 2.37 bits per heavy atom. The monoisotopic (exact) mass is 324 g/mol. The van der Waals surface area contributed by atoms with E-state index in [9.17, 15) is 0 Å². The minimum Gasteiger partial charge on any atom is -0.496 e. The average molecular weight is 325 g/mol. The number of halogens is 1. The number of amidine groups is 1. The van der Waals surface area contributed by atoms with Crippen molar-refractivity contribution in [3.63, 3.8) is 0 Å². The van der Waals surface area contributed by atoms with Gasteiger partial charge >= 0.3 is 0 Å². The van der Waals surface area contributed by atoms with E-state index < -0.39 is 0 Å². The number of nitrogens with two attached hydrogens (primary N) is 1. The molecule has 19 heavy (non-hydrogen) atoms. The molecule has 0 aliphatic carbocycles. The van der Waals surface area contributed by atoms with Crippen LogP contribution in [0.2, 0.25) is 0 Å². The molecule has 2 rings (SSSR count). The van der Waals surface area contributed by atoms with Crippen LogP contribution in [0.5, 0.6) is 5.75 Å². The topological polar surface area (TPSA) is 85.7 Å². The van der Waals surface area contributed by atoms with Gasteiger partial charge in [-0.25, -0.2) is 0 Å². The molecule has 0 fully saturated rings. The predicted molar refractivity (Wildman–Crippen MR) is 74.5 cm³/mol. The Kier molecular flexibility index (Phi) is 4.06. The van der Waals surface area contributed by atoms with E-state index in [2.05, 4.69) is 26.2 Å². The first-order valence-electron chi connectivity index (χ1n) is 5.47. The van der Waals surface area contributed by atoms with Crippen molar-refractivity contribution in [3.05, 3.63) is 46.2 Å². The van der Waals surface area contributed by atoms with Gasteiger partial charge in [0.15, 0.2) is 5.84 Å². The third kappa shape index (κ3) is 3.05. The normalized spacial score (nSPS) is 11.6. The van der Waals surface area contributed by atoms with E-state index in [1.54, 1.807) is 30.1 Å². The summed E-state index contributed by atoms with van der Waals surface area (Å²) in [5.74, 6) is 0.784. The molecular formula is C12H13BrN4O2. The van der Waals surface area contributed by atoms with E-state index in [1.165, 1.54) is 0 Å². The minimum atomic E-state index is 0.0607. The zero-order valence-electron chi connectivity index (χ0n) is 10.2. The molecule has 0 saturated heterocycles. The Morgan fingerprint density at radius 1 is 1.58 bits per heavy atom. The van der Waals surface area contributed by atoms with E-state index >= 15 is 0 Å². The number of hydrogen-bond acceptors (Lipinski definition) is 4. The predicted octanol–water partition coefficient (Wildman–Crippen LogP) is 1.80. The molecule has 0 radical (unpaired) electrons. The van der Waals surface area contributed by atoms with Gasteiger partial charge in [0.25, 0.3) is 0 Å². The number of aromatic nitrogens is 2. The van der Waals surface area contributed by atoms with Crippen molar-refractivity contribution >= 4 is 21.8 Å². The molecule has 1 aromatic heterocycles. The Balaban J connectivity index is 2.36. The van der Waals surface area contributed by atoms with Gasteiger partial charge in [-0.05, 0) is 34.1 Å². The molecule has 6 nitrogen and oxygen atoms in total. The first-order chi connectivity index (χ1) is 9.13. The number of ether oxygens (including phenoxy) is 1. The van der Waals surface area contributed by atoms with Gasteiger partial charge in [0.1, 0.15) is 5.75 Å². The number of rotatable bonds is 4. The van der Waals surface area contributed by atoms with E-state index in [4.69, 9.17) is 15.7 Å². The summed E-state index contributed by atoms with van der Waals surface area (Å²) in [5.41, 5.74) is 7.10. The second kappa shape index (κ2) is 5.75. The molecule has 0 aliphatic rings. The number of oxime groups is 1. The van der Waals surface area contributed by atoms with Crippen LogP contribution >= 0.6 is 15.9 Å². The van der Waals surface area contributed by atoms with Crippen molar-refractivity contribution in [1.29, 1.82) is 0 Å². The molecular weight excluding hydrogens is 312 g/mol. The number of hydrogen-bond donors (Lipinski definition) is 2. The van der Waals surface area contributed by atoms with Crippen molar-refractivity contribution in [2.45, 2.75) is 6.54 Å². The van der Waals surface area contributed by atoms with Gasteiger partial charge in [-0.2, -0.15) is 5.10 Å². The maximum absolute atomic E-state index is 8.71. The summed E-state index contributed by atoms with van der Waals surface area (Å²) in [5, 5.41) is 15.9. The maximum atomic E-state index is 8.71. The van der Waals surface area contributed by atoms with Gasteiger partial charge < -0.3 is 15.7 Å². The zero-order chi connectivity index (χ0) is 13.8. The van der Waals surface area contributed by atoms with Gasteiger partial charge in [0.2, 0.25) is 0 Å². The lowest BCUT2D eigenvalue weighted by atomic mass is 10.1. The summed E-state index contributed by atoms with van der Waals surface area (Å²) in [4.78, 5) is 0. The van der Waals surface area contributed by atoms with Crippen molar-refractivity contribution < 1.29 is 9.94 Å². The zero-order valence-corrected chi connectivity index (χ0v) is 11.8. The summed E-state index contributed by atoms with van der Waals surface area (Å²) in [6, 6.07) is 5.32. The van der Waals surface area contributed by atoms with E-state index in [1.807, 2.05) is 12.3 Å². The van der Waals surface area contributed by atoms with Gasteiger partial charge in [0, 0.05) is 17.3 Å². The van der Waals surface area contributed by atoms with Crippen LogP contribution in [-0.4, -0.2) is 27.9 Å². The Labute approximate surface area is 118 Å². The average Bonchev–Trinajstić information content (AvgIpc) is 2.83. The lowest BCUT2D eigenvalue weighted by Crippen LogP contribution is -2.14. The van der Waals surface area contributed by atoms with Gasteiger partial charge in [-0.15, -0.1) is 0 Å². The molecule has 0 atom stereocenters. The molecule has 1 heterocycles. The highest BCUT2D eigenvalue weighted by molar-refractivity contribution is 9.10. The first-order valence-corrected chi connectivity index (χ1v) is 6.26. The first kappa shape index (κ1) is 13.4. The summed E-state index contributed by atoms with van der Waals surface area (Å²) in [7, 11) is 1.60. The number of benzene rings is 1. The van der Waals surface area contributed by atoms with Crippen LogP contribution in [0.15, 0.2) is 40.2 Å². The highest BCUT2D eigenvalue weighted by Crippen LogP contribution is 2.21. The van der Waals surface area contributed by atoms with E-state index in [-0.39, 0.29) is 5.84 Å². The summed E-state index contributed by atoms with van der Waals surface area (Å²) >= 11 is 3.34. The molecule has 2 aromatic rings. The highest BCUT2D eigenvalue weighted by Gasteiger charge is 2.08. The fourth-order valence-corrected chi connectivity index (χ4v) is 2.05. The maximum Gasteiger partial charge on any atom is 0.170 e. The smallest absolute Gasteiger partial charge is 0.170 e. The summed E-state index contributed by atoms with van der Waals surface area (Å²) < 4.78 is 7.96. The van der Waals surface area contributed by atoms with Gasteiger partial charge in [-0.3, -0.25) is 4.68 Å². The largest absolute Gasteiger partial charge is 0.496 e. The molecule has 3 N–H and O–H groups in total. The van der Waals surface area contributed by atoms with Crippen molar-refractivity contribution in [2.24, 2.45) is 10.9 Å². The quantitative estimate of drug-likeness (QED) is 0.388. The van der Waals surface area contributed by atoms with E-state index in [0.717, 1.165) is 15.8 Å². The Hall–Kier alpha value is -2.02. The third-order valence-corrected chi connectivity index (χ3v) is 3.03. The van der Waals surface area contributed by atoms with Crippen LogP contribution in [0, 0.1) is 0 Å². The second-order valence-corrected chi connectivity index (χ2v) is 4.78. The number of methoxy groups -OCH3 is 1. The van der Waals surface area contributed by atoms with Crippen LogP contribution in [0.25, 0.3) is 0 Å². The second-order valence-electron chi connectivity index (χ2n) is 3.87. The van der Waals surface area contributed by atoms with Gasteiger partial charge in [0.05, 0.1) is 24.3 Å². The molecule has 100 valence electrons. The van der Waals surface area contributed by atoms with Crippen molar-refractivity contribution in [3.8, 4) is 5.75 Å².